The van der Waals surface area contributed by atoms with Gasteiger partial charge in [0.25, 0.3) is 0 Å². The normalized spacial score (nSPS) is 17.9. The number of amides is 2. The van der Waals surface area contributed by atoms with E-state index in [1.165, 1.54) is 19.1 Å². The van der Waals surface area contributed by atoms with Crippen molar-refractivity contribution in [3.05, 3.63) is 89.5 Å². The van der Waals surface area contributed by atoms with Crippen LogP contribution in [0.4, 0.5) is 10.1 Å². The number of halogens is 1. The van der Waals surface area contributed by atoms with Crippen molar-refractivity contribution in [3.63, 3.8) is 0 Å². The first-order chi connectivity index (χ1) is 18.8. The highest BCUT2D eigenvalue weighted by Crippen LogP contribution is 2.31. The number of nitrogens with one attached hydrogen (secondary N) is 1. The molecule has 1 aliphatic rings. The number of piperazine rings is 1. The molecule has 1 N–H and O–H groups in total. The Balaban J connectivity index is 1.57. The van der Waals surface area contributed by atoms with E-state index in [-0.39, 0.29) is 29.7 Å². The van der Waals surface area contributed by atoms with Gasteiger partial charge < -0.3 is 10.2 Å². The molecule has 7 heteroatoms. The molecule has 1 aromatic heterocycles. The van der Waals surface area contributed by atoms with Gasteiger partial charge in [-0.3, -0.25) is 19.5 Å². The Kier molecular flexibility index (Phi) is 9.25. The van der Waals surface area contributed by atoms with Crippen LogP contribution in [-0.4, -0.2) is 51.8 Å². The summed E-state index contributed by atoms with van der Waals surface area (Å²) in [6.45, 7) is 9.95. The van der Waals surface area contributed by atoms with Gasteiger partial charge in [0, 0.05) is 68.4 Å². The van der Waals surface area contributed by atoms with E-state index in [0.717, 1.165) is 60.3 Å². The van der Waals surface area contributed by atoms with Crippen molar-refractivity contribution in [2.45, 2.75) is 59.2 Å². The molecule has 0 spiro atoms. The minimum absolute atomic E-state index is 0.0181. The van der Waals surface area contributed by atoms with Crippen LogP contribution in [0.5, 0.6) is 0 Å². The lowest BCUT2D eigenvalue weighted by atomic mass is 9.95. The Morgan fingerprint density at radius 2 is 1.90 bits per heavy atom. The molecular formula is C32H37FN4O2. The van der Waals surface area contributed by atoms with E-state index in [2.05, 4.69) is 36.0 Å². The van der Waals surface area contributed by atoms with E-state index in [0.29, 0.717) is 5.69 Å². The Morgan fingerprint density at radius 3 is 2.54 bits per heavy atom. The second kappa shape index (κ2) is 12.8. The van der Waals surface area contributed by atoms with Crippen LogP contribution in [-0.2, 0) is 22.6 Å². The van der Waals surface area contributed by atoms with Crippen LogP contribution in [0.2, 0.25) is 0 Å². The summed E-state index contributed by atoms with van der Waals surface area (Å²) in [6.07, 6.45) is 8.61. The number of aromatic nitrogens is 1. The van der Waals surface area contributed by atoms with Crippen LogP contribution in [0.3, 0.4) is 0 Å². The topological polar surface area (TPSA) is 65.5 Å². The van der Waals surface area contributed by atoms with E-state index in [4.69, 9.17) is 0 Å². The Morgan fingerprint density at radius 1 is 1.13 bits per heavy atom. The van der Waals surface area contributed by atoms with Crippen molar-refractivity contribution in [1.82, 2.24) is 14.8 Å². The van der Waals surface area contributed by atoms with E-state index < -0.39 is 0 Å². The summed E-state index contributed by atoms with van der Waals surface area (Å²) in [7, 11) is 0. The fourth-order valence-corrected chi connectivity index (χ4v) is 5.41. The van der Waals surface area contributed by atoms with Crippen molar-refractivity contribution < 1.29 is 14.0 Å². The molecule has 4 rings (SSSR count). The molecule has 6 nitrogen and oxygen atoms in total. The number of nitrogens with zero attached hydrogens (tertiary/aromatic N) is 3. The third kappa shape index (κ3) is 6.98. The van der Waals surface area contributed by atoms with Gasteiger partial charge in [-0.2, -0.15) is 0 Å². The van der Waals surface area contributed by atoms with Crippen LogP contribution in [0, 0.1) is 5.82 Å². The zero-order valence-electron chi connectivity index (χ0n) is 23.2. The fourth-order valence-electron chi connectivity index (χ4n) is 5.41. The zero-order valence-corrected chi connectivity index (χ0v) is 23.2. The summed E-state index contributed by atoms with van der Waals surface area (Å²) in [5.74, 6) is -0.449. The van der Waals surface area contributed by atoms with Gasteiger partial charge in [0.15, 0.2) is 0 Å². The molecule has 0 saturated carbocycles. The molecule has 2 unspecified atom stereocenters. The molecule has 2 aromatic carbocycles. The van der Waals surface area contributed by atoms with Gasteiger partial charge in [0.05, 0.1) is 0 Å². The minimum Gasteiger partial charge on any atom is -0.331 e. The molecule has 1 saturated heterocycles. The van der Waals surface area contributed by atoms with Gasteiger partial charge >= 0.3 is 0 Å². The number of aryl methyl sites for hydroxylation is 1. The van der Waals surface area contributed by atoms with Crippen molar-refractivity contribution in [1.29, 1.82) is 0 Å². The third-order valence-corrected chi connectivity index (χ3v) is 7.25. The van der Waals surface area contributed by atoms with Crippen molar-refractivity contribution in [3.8, 4) is 11.1 Å². The van der Waals surface area contributed by atoms with E-state index >= 15 is 0 Å². The average molecular weight is 529 g/mol. The van der Waals surface area contributed by atoms with Gasteiger partial charge in [-0.05, 0) is 78.4 Å². The minimum atomic E-state index is -0.237. The number of anilines is 1. The molecule has 39 heavy (non-hydrogen) atoms. The van der Waals surface area contributed by atoms with Crippen LogP contribution < -0.4 is 5.32 Å². The number of carbonyl (C=O) groups is 2. The number of hydrogen-bond acceptors (Lipinski definition) is 4. The maximum atomic E-state index is 13.5. The second-order valence-electron chi connectivity index (χ2n) is 10.2. The number of rotatable bonds is 8. The van der Waals surface area contributed by atoms with Crippen molar-refractivity contribution in [2.24, 2.45) is 0 Å². The summed E-state index contributed by atoms with van der Waals surface area (Å²) in [6, 6.07) is 14.6. The van der Waals surface area contributed by atoms with E-state index in [9.17, 15) is 14.0 Å². The number of carbonyl (C=O) groups excluding carboxylic acids is 2. The lowest BCUT2D eigenvalue weighted by molar-refractivity contribution is -0.134. The number of benzene rings is 2. The largest absolute Gasteiger partial charge is 0.331 e. The quantitative estimate of drug-likeness (QED) is 0.368. The predicted octanol–water partition coefficient (Wildman–Crippen LogP) is 5.93. The lowest BCUT2D eigenvalue weighted by Crippen LogP contribution is -2.58. The Hall–Kier alpha value is -3.84. The molecule has 204 valence electrons. The van der Waals surface area contributed by atoms with Gasteiger partial charge in [-0.15, -0.1) is 0 Å². The molecular weight excluding hydrogens is 491 g/mol. The second-order valence-corrected chi connectivity index (χ2v) is 10.2. The SMILES string of the molecule is CCc1cc(NC(C)=O)c(/C=C/C(=O)N2C(C)CN(Cc3ccc(F)cc3)CC2CC)cc1-c1cccnc1. The Bertz CT molecular complexity index is 1320. The monoisotopic (exact) mass is 528 g/mol. The molecule has 0 aliphatic carbocycles. The summed E-state index contributed by atoms with van der Waals surface area (Å²) < 4.78 is 13.3. The summed E-state index contributed by atoms with van der Waals surface area (Å²) >= 11 is 0. The molecule has 2 amide bonds. The molecule has 3 aromatic rings. The van der Waals surface area contributed by atoms with Gasteiger partial charge in [0.1, 0.15) is 5.82 Å². The fraction of sp³-hybridized carbons (Fsp3) is 0.344. The molecule has 1 fully saturated rings. The first-order valence-corrected chi connectivity index (χ1v) is 13.6. The highest BCUT2D eigenvalue weighted by molar-refractivity contribution is 5.96. The average Bonchev–Trinajstić information content (AvgIpc) is 2.93. The van der Waals surface area contributed by atoms with Gasteiger partial charge in [0.2, 0.25) is 11.8 Å². The predicted molar refractivity (Wildman–Crippen MR) is 154 cm³/mol. The molecule has 2 atom stereocenters. The van der Waals surface area contributed by atoms with Crippen molar-refractivity contribution >= 4 is 23.6 Å². The van der Waals surface area contributed by atoms with Gasteiger partial charge in [-0.1, -0.05) is 32.0 Å². The van der Waals surface area contributed by atoms with E-state index in [1.54, 1.807) is 18.3 Å². The summed E-state index contributed by atoms with van der Waals surface area (Å²) in [4.78, 5) is 34.1. The van der Waals surface area contributed by atoms with Crippen molar-refractivity contribution in [2.75, 3.05) is 18.4 Å². The molecule has 2 heterocycles. The van der Waals surface area contributed by atoms with Crippen LogP contribution in [0.1, 0.15) is 50.8 Å². The number of hydrogen-bond donors (Lipinski definition) is 1. The number of pyridine rings is 1. The maximum absolute atomic E-state index is 13.5. The highest BCUT2D eigenvalue weighted by Gasteiger charge is 2.33. The molecule has 0 bridgehead atoms. The van der Waals surface area contributed by atoms with Gasteiger partial charge in [-0.25, -0.2) is 4.39 Å². The standard InChI is InChI=1S/C32H37FN4O2/c1-5-25-17-31(35-23(4)38)26(16-30(25)27-8-7-15-34-18-27)11-14-32(39)37-22(3)19-36(21-29(37)6-2)20-24-9-12-28(33)13-10-24/h7-18,22,29H,5-6,19-21H2,1-4H3,(H,35,38)/b14-11+. The maximum Gasteiger partial charge on any atom is 0.247 e. The highest BCUT2D eigenvalue weighted by atomic mass is 19.1. The van der Waals surface area contributed by atoms with E-state index in [1.807, 2.05) is 47.5 Å². The first kappa shape index (κ1) is 28.2. The summed E-state index contributed by atoms with van der Waals surface area (Å²) in [5.41, 5.74) is 5.61. The van der Waals surface area contributed by atoms with Crippen LogP contribution in [0.25, 0.3) is 17.2 Å². The van der Waals surface area contributed by atoms with Crippen LogP contribution in [0.15, 0.2) is 67.0 Å². The smallest absolute Gasteiger partial charge is 0.247 e. The van der Waals surface area contributed by atoms with Crippen LogP contribution >= 0.6 is 0 Å². The third-order valence-electron chi connectivity index (χ3n) is 7.25. The summed E-state index contributed by atoms with van der Waals surface area (Å²) in [5, 5.41) is 2.93. The first-order valence-electron chi connectivity index (χ1n) is 13.6. The lowest BCUT2D eigenvalue weighted by Gasteiger charge is -2.45. The molecule has 1 aliphatic heterocycles. The zero-order chi connectivity index (χ0) is 27.9. The molecule has 0 radical (unpaired) electrons. The Labute approximate surface area is 230 Å².